The van der Waals surface area contributed by atoms with Gasteiger partial charge >= 0.3 is 0 Å². The van der Waals surface area contributed by atoms with E-state index in [1.54, 1.807) is 37.4 Å². The number of carbonyl (C=O) groups is 3. The Morgan fingerprint density at radius 1 is 1.12 bits per heavy atom. The van der Waals surface area contributed by atoms with Gasteiger partial charge in [0.2, 0.25) is 5.91 Å². The zero-order valence-corrected chi connectivity index (χ0v) is 18.2. The van der Waals surface area contributed by atoms with Crippen molar-refractivity contribution < 1.29 is 18.8 Å². The topological polar surface area (TPSA) is 109 Å². The van der Waals surface area contributed by atoms with Gasteiger partial charge in [-0.05, 0) is 36.8 Å². The van der Waals surface area contributed by atoms with Crippen molar-refractivity contribution in [1.82, 2.24) is 30.3 Å². The van der Waals surface area contributed by atoms with Crippen LogP contribution in [-0.2, 0) is 24.4 Å². The van der Waals surface area contributed by atoms with E-state index in [9.17, 15) is 18.8 Å². The van der Waals surface area contributed by atoms with Gasteiger partial charge < -0.3 is 15.5 Å². The number of aromatic nitrogens is 3. The molecule has 170 valence electrons. The molecule has 1 atom stereocenters. The van der Waals surface area contributed by atoms with Crippen LogP contribution >= 0.6 is 0 Å². The Morgan fingerprint density at radius 3 is 2.58 bits per heavy atom. The summed E-state index contributed by atoms with van der Waals surface area (Å²) in [5, 5.41) is 9.79. The van der Waals surface area contributed by atoms with Gasteiger partial charge in [-0.1, -0.05) is 18.2 Å². The van der Waals surface area contributed by atoms with Crippen LogP contribution in [0.5, 0.6) is 0 Å². The van der Waals surface area contributed by atoms with Gasteiger partial charge in [0.1, 0.15) is 17.1 Å². The molecule has 3 amide bonds. The number of carbonyl (C=O) groups excluding carboxylic acids is 3. The SMILES string of the molecule is CN1C(=O)c2cc(C(=O)NCc3ccccn3)nn2C[C@]1(C)C(=O)NCc1ccc(F)cc1. The molecule has 0 unspecified atom stereocenters. The van der Waals surface area contributed by atoms with Gasteiger partial charge in [0.15, 0.2) is 5.69 Å². The molecule has 2 aromatic heterocycles. The van der Waals surface area contributed by atoms with Crippen molar-refractivity contribution in [3.63, 3.8) is 0 Å². The molecule has 0 saturated heterocycles. The van der Waals surface area contributed by atoms with Crippen LogP contribution in [0.3, 0.4) is 0 Å². The number of rotatable bonds is 6. The maximum atomic E-state index is 13.1. The summed E-state index contributed by atoms with van der Waals surface area (Å²) in [6.07, 6.45) is 1.63. The third kappa shape index (κ3) is 4.45. The maximum Gasteiger partial charge on any atom is 0.272 e. The summed E-state index contributed by atoms with van der Waals surface area (Å²) >= 11 is 0. The molecule has 1 aromatic carbocycles. The summed E-state index contributed by atoms with van der Waals surface area (Å²) in [6.45, 7) is 2.12. The van der Waals surface area contributed by atoms with Gasteiger partial charge in [-0.2, -0.15) is 5.10 Å². The number of benzene rings is 1. The predicted octanol–water partition coefficient (Wildman–Crippen LogP) is 1.51. The fourth-order valence-corrected chi connectivity index (χ4v) is 3.58. The standard InChI is InChI=1S/C23H23FN6O3/c1-23(22(33)27-12-15-6-8-16(24)9-7-15)14-30-19(21(32)29(23)2)11-18(28-30)20(31)26-13-17-5-3-4-10-25-17/h3-11H,12-14H2,1-2H3,(H,26,31)(H,27,33)/t23-/m1/s1. The van der Waals surface area contributed by atoms with Gasteiger partial charge in [0, 0.05) is 25.9 Å². The van der Waals surface area contributed by atoms with Gasteiger partial charge in [0.05, 0.1) is 18.8 Å². The number of likely N-dealkylation sites (N-methyl/N-ethyl adjacent to an activating group) is 1. The number of halogens is 1. The quantitative estimate of drug-likeness (QED) is 0.592. The van der Waals surface area contributed by atoms with Crippen LogP contribution in [0.1, 0.15) is 39.2 Å². The number of nitrogens with zero attached hydrogens (tertiary/aromatic N) is 4. The first-order valence-corrected chi connectivity index (χ1v) is 10.3. The minimum atomic E-state index is -1.22. The minimum absolute atomic E-state index is 0.0767. The average Bonchev–Trinajstić information content (AvgIpc) is 3.25. The van der Waals surface area contributed by atoms with Crippen molar-refractivity contribution in [2.24, 2.45) is 0 Å². The third-order valence-electron chi connectivity index (χ3n) is 5.75. The zero-order valence-electron chi connectivity index (χ0n) is 18.2. The predicted molar refractivity (Wildman–Crippen MR) is 116 cm³/mol. The second kappa shape index (κ2) is 8.81. The van der Waals surface area contributed by atoms with Crippen LogP contribution in [0.2, 0.25) is 0 Å². The number of nitrogens with one attached hydrogen (secondary N) is 2. The molecule has 0 bridgehead atoms. The summed E-state index contributed by atoms with van der Waals surface area (Å²) in [7, 11) is 1.54. The van der Waals surface area contributed by atoms with E-state index in [4.69, 9.17) is 0 Å². The summed E-state index contributed by atoms with van der Waals surface area (Å²) in [5.74, 6) is -1.61. The first kappa shape index (κ1) is 22.1. The van der Waals surface area contributed by atoms with Crippen molar-refractivity contribution in [3.05, 3.63) is 83.2 Å². The van der Waals surface area contributed by atoms with Crippen LogP contribution in [0.15, 0.2) is 54.7 Å². The molecule has 1 aliphatic heterocycles. The molecule has 1 aliphatic rings. The Kier molecular flexibility index (Phi) is 5.91. The Bertz CT molecular complexity index is 1190. The lowest BCUT2D eigenvalue weighted by molar-refractivity contribution is -0.132. The summed E-state index contributed by atoms with van der Waals surface area (Å²) < 4.78 is 14.5. The van der Waals surface area contributed by atoms with Crippen LogP contribution in [0.4, 0.5) is 4.39 Å². The molecule has 3 heterocycles. The molecule has 3 aromatic rings. The average molecular weight is 450 g/mol. The number of amides is 3. The van der Waals surface area contributed by atoms with Crippen molar-refractivity contribution in [1.29, 1.82) is 0 Å². The largest absolute Gasteiger partial charge is 0.350 e. The van der Waals surface area contributed by atoms with E-state index in [1.807, 2.05) is 6.07 Å². The molecule has 33 heavy (non-hydrogen) atoms. The van der Waals surface area contributed by atoms with E-state index in [0.29, 0.717) is 5.69 Å². The lowest BCUT2D eigenvalue weighted by Gasteiger charge is -2.40. The maximum absolute atomic E-state index is 13.1. The van der Waals surface area contributed by atoms with Crippen molar-refractivity contribution in [2.75, 3.05) is 7.05 Å². The molecule has 0 aliphatic carbocycles. The summed E-state index contributed by atoms with van der Waals surface area (Å²) in [6, 6.07) is 12.6. The first-order valence-electron chi connectivity index (χ1n) is 10.3. The second-order valence-corrected chi connectivity index (χ2v) is 8.02. The minimum Gasteiger partial charge on any atom is -0.350 e. The van der Waals surface area contributed by atoms with E-state index in [0.717, 1.165) is 5.56 Å². The highest BCUT2D eigenvalue weighted by Gasteiger charge is 2.46. The number of hydrogen-bond acceptors (Lipinski definition) is 5. The fourth-order valence-electron chi connectivity index (χ4n) is 3.58. The number of fused-ring (bicyclic) bond motifs is 1. The first-order chi connectivity index (χ1) is 15.8. The Labute approximate surface area is 189 Å². The molecule has 9 nitrogen and oxygen atoms in total. The van der Waals surface area contributed by atoms with E-state index >= 15 is 0 Å². The summed E-state index contributed by atoms with van der Waals surface area (Å²) in [5.41, 5.74) is 0.501. The van der Waals surface area contributed by atoms with Crippen LogP contribution in [-0.4, -0.2) is 50.0 Å². The van der Waals surface area contributed by atoms with Crippen molar-refractivity contribution in [3.8, 4) is 0 Å². The van der Waals surface area contributed by atoms with Crippen LogP contribution < -0.4 is 10.6 Å². The highest BCUT2D eigenvalue weighted by atomic mass is 19.1. The highest BCUT2D eigenvalue weighted by molar-refractivity contribution is 6.01. The van der Waals surface area contributed by atoms with Gasteiger partial charge in [-0.3, -0.25) is 24.0 Å². The van der Waals surface area contributed by atoms with Crippen molar-refractivity contribution in [2.45, 2.75) is 32.1 Å². The fraction of sp³-hybridized carbons (Fsp3) is 0.261. The summed E-state index contributed by atoms with van der Waals surface area (Å²) in [4.78, 5) is 44.0. The van der Waals surface area contributed by atoms with E-state index in [1.165, 1.54) is 34.8 Å². The third-order valence-corrected chi connectivity index (χ3v) is 5.75. The molecular formula is C23H23FN6O3. The Hall–Kier alpha value is -4.08. The lowest BCUT2D eigenvalue weighted by Crippen LogP contribution is -2.62. The molecule has 0 radical (unpaired) electrons. The highest BCUT2D eigenvalue weighted by Crippen LogP contribution is 2.26. The second-order valence-electron chi connectivity index (χ2n) is 8.02. The Morgan fingerprint density at radius 2 is 1.88 bits per heavy atom. The molecule has 0 saturated carbocycles. The smallest absolute Gasteiger partial charge is 0.272 e. The van der Waals surface area contributed by atoms with Crippen molar-refractivity contribution >= 4 is 17.7 Å². The normalized spacial score (nSPS) is 17.4. The lowest BCUT2D eigenvalue weighted by atomic mass is 9.96. The molecular weight excluding hydrogens is 427 g/mol. The monoisotopic (exact) mass is 450 g/mol. The molecule has 4 rings (SSSR count). The van der Waals surface area contributed by atoms with Gasteiger partial charge in [0.25, 0.3) is 11.8 Å². The molecule has 0 fully saturated rings. The van der Waals surface area contributed by atoms with Gasteiger partial charge in [-0.15, -0.1) is 0 Å². The molecule has 2 N–H and O–H groups in total. The van der Waals surface area contributed by atoms with E-state index < -0.39 is 17.4 Å². The molecule has 10 heteroatoms. The molecule has 0 spiro atoms. The van der Waals surface area contributed by atoms with E-state index in [2.05, 4.69) is 20.7 Å². The van der Waals surface area contributed by atoms with E-state index in [-0.39, 0.29) is 42.7 Å². The van der Waals surface area contributed by atoms with Crippen LogP contribution in [0, 0.1) is 5.82 Å². The number of pyridine rings is 1. The Balaban J connectivity index is 1.47. The van der Waals surface area contributed by atoms with Gasteiger partial charge in [-0.25, -0.2) is 4.39 Å². The number of hydrogen-bond donors (Lipinski definition) is 2. The van der Waals surface area contributed by atoms with Crippen LogP contribution in [0.25, 0.3) is 0 Å². The zero-order chi connectivity index (χ0) is 23.6.